The molecule has 1 amide bonds. The van der Waals surface area contributed by atoms with Crippen molar-refractivity contribution in [3.8, 4) is 0 Å². The van der Waals surface area contributed by atoms with Crippen LogP contribution in [0.2, 0.25) is 5.15 Å². The molecule has 1 atom stereocenters. The van der Waals surface area contributed by atoms with Crippen molar-refractivity contribution in [3.05, 3.63) is 22.3 Å². The first-order valence-electron chi connectivity index (χ1n) is 7.97. The van der Waals surface area contributed by atoms with Crippen LogP contribution in [0.15, 0.2) is 10.5 Å². The van der Waals surface area contributed by atoms with E-state index in [1.54, 1.807) is 20.2 Å². The minimum atomic E-state index is -1.45. The number of amides is 1. The van der Waals surface area contributed by atoms with Crippen LogP contribution in [0.1, 0.15) is 50.5 Å². The number of carbonyl (C=O) groups excluding carboxylic acids is 1. The maximum atomic E-state index is 12.6. The maximum Gasteiger partial charge on any atom is 0.254 e. The maximum absolute atomic E-state index is 12.6. The van der Waals surface area contributed by atoms with Gasteiger partial charge in [-0.3, -0.25) is 4.79 Å². The Kier molecular flexibility index (Phi) is 7.14. The first-order valence-corrected chi connectivity index (χ1v) is 9.45. The lowest BCUT2D eigenvalue weighted by atomic mass is 10.1. The summed E-state index contributed by atoms with van der Waals surface area (Å²) in [6.07, 6.45) is 1.38. The number of nitrogens with zero attached hydrogens (tertiary/aromatic N) is 4. The van der Waals surface area contributed by atoms with Gasteiger partial charge in [0, 0.05) is 39.0 Å². The molecule has 8 heteroatoms. The van der Waals surface area contributed by atoms with Gasteiger partial charge in [-0.1, -0.05) is 11.6 Å². The molecule has 1 aromatic heterocycles. The molecule has 0 spiro atoms. The summed E-state index contributed by atoms with van der Waals surface area (Å²) >= 11 is 6.33. The number of anilines is 1. The van der Waals surface area contributed by atoms with E-state index in [4.69, 9.17) is 11.6 Å². The Labute approximate surface area is 157 Å². The van der Waals surface area contributed by atoms with E-state index in [9.17, 15) is 9.00 Å². The van der Waals surface area contributed by atoms with E-state index in [0.29, 0.717) is 16.9 Å². The van der Waals surface area contributed by atoms with Crippen LogP contribution < -0.4 is 4.90 Å². The van der Waals surface area contributed by atoms with Crippen LogP contribution in [0, 0.1) is 0 Å². The van der Waals surface area contributed by atoms with Crippen molar-refractivity contribution in [2.24, 2.45) is 4.40 Å². The molecular formula is C17H27ClN4O2S. The predicted molar refractivity (Wildman–Crippen MR) is 106 cm³/mol. The van der Waals surface area contributed by atoms with Crippen LogP contribution in [0.4, 0.5) is 5.82 Å². The van der Waals surface area contributed by atoms with Gasteiger partial charge in [0.05, 0.1) is 10.3 Å². The van der Waals surface area contributed by atoms with Crippen molar-refractivity contribution in [2.75, 3.05) is 26.0 Å². The normalized spacial score (nSPS) is 13.4. The lowest BCUT2D eigenvalue weighted by Gasteiger charge is -2.24. The van der Waals surface area contributed by atoms with Gasteiger partial charge in [-0.15, -0.1) is 0 Å². The monoisotopic (exact) mass is 386 g/mol. The minimum absolute atomic E-state index is 0.157. The summed E-state index contributed by atoms with van der Waals surface area (Å²) in [5.41, 5.74) is 0.751. The van der Waals surface area contributed by atoms with E-state index in [1.807, 2.05) is 46.6 Å². The highest BCUT2D eigenvalue weighted by atomic mass is 35.5. The third-order valence-corrected chi connectivity index (χ3v) is 5.21. The SMILES string of the molecule is CC(C)N(C)c1cc(C(=O)N(C)C)c(/C=N/S(=O)C(C)(C)C)c(Cl)n1. The minimum Gasteiger partial charge on any atom is -0.357 e. The lowest BCUT2D eigenvalue weighted by Crippen LogP contribution is -2.28. The van der Waals surface area contributed by atoms with Crippen LogP contribution in [-0.4, -0.2) is 58.1 Å². The Morgan fingerprint density at radius 2 is 1.88 bits per heavy atom. The molecule has 6 nitrogen and oxygen atoms in total. The summed E-state index contributed by atoms with van der Waals surface area (Å²) in [5, 5.41) is 0.157. The number of carbonyl (C=O) groups is 1. The van der Waals surface area contributed by atoms with Crippen LogP contribution in [0.5, 0.6) is 0 Å². The predicted octanol–water partition coefficient (Wildman–Crippen LogP) is 3.16. The number of pyridine rings is 1. The molecule has 0 aliphatic rings. The molecule has 1 unspecified atom stereocenters. The molecule has 1 heterocycles. The summed E-state index contributed by atoms with van der Waals surface area (Å²) in [5.74, 6) is 0.380. The molecular weight excluding hydrogens is 360 g/mol. The number of hydrogen-bond donors (Lipinski definition) is 0. The molecule has 0 bridgehead atoms. The fourth-order valence-electron chi connectivity index (χ4n) is 1.76. The molecule has 0 fully saturated rings. The van der Waals surface area contributed by atoms with Crippen molar-refractivity contribution in [2.45, 2.75) is 45.4 Å². The summed E-state index contributed by atoms with van der Waals surface area (Å²) in [6.45, 7) is 9.52. The molecule has 0 aromatic carbocycles. The molecule has 0 saturated carbocycles. The average Bonchev–Trinajstić information content (AvgIpc) is 2.49. The van der Waals surface area contributed by atoms with E-state index in [1.165, 1.54) is 11.1 Å². The fraction of sp³-hybridized carbons (Fsp3) is 0.588. The Bertz CT molecular complexity index is 697. The first-order chi connectivity index (χ1) is 11.4. The van der Waals surface area contributed by atoms with Gasteiger partial charge in [0.2, 0.25) is 0 Å². The van der Waals surface area contributed by atoms with E-state index >= 15 is 0 Å². The van der Waals surface area contributed by atoms with Crippen LogP contribution >= 0.6 is 11.6 Å². The molecule has 1 rings (SSSR count). The van der Waals surface area contributed by atoms with Crippen molar-refractivity contribution < 1.29 is 9.00 Å². The van der Waals surface area contributed by atoms with E-state index in [-0.39, 0.29) is 17.1 Å². The summed E-state index contributed by atoms with van der Waals surface area (Å²) in [6, 6.07) is 1.88. The van der Waals surface area contributed by atoms with Gasteiger partial charge < -0.3 is 9.80 Å². The number of hydrogen-bond acceptors (Lipinski definition) is 4. The second-order valence-corrected chi connectivity index (χ2v) is 9.52. The summed E-state index contributed by atoms with van der Waals surface area (Å²) < 4.78 is 15.8. The lowest BCUT2D eigenvalue weighted by molar-refractivity contribution is 0.0827. The molecule has 0 aliphatic heterocycles. The Balaban J connectivity index is 3.48. The quantitative estimate of drug-likeness (QED) is 0.575. The highest BCUT2D eigenvalue weighted by Gasteiger charge is 2.22. The zero-order chi connectivity index (χ0) is 19.5. The Morgan fingerprint density at radius 3 is 2.32 bits per heavy atom. The Morgan fingerprint density at radius 1 is 1.32 bits per heavy atom. The van der Waals surface area contributed by atoms with E-state index < -0.39 is 15.7 Å². The second kappa shape index (κ2) is 8.27. The smallest absolute Gasteiger partial charge is 0.254 e. The van der Waals surface area contributed by atoms with E-state index in [2.05, 4.69) is 9.38 Å². The third kappa shape index (κ3) is 5.51. The summed E-state index contributed by atoms with van der Waals surface area (Å²) in [7, 11) is 3.76. The molecule has 25 heavy (non-hydrogen) atoms. The van der Waals surface area contributed by atoms with E-state index in [0.717, 1.165) is 0 Å². The van der Waals surface area contributed by atoms with Crippen LogP contribution in [-0.2, 0) is 11.0 Å². The van der Waals surface area contributed by atoms with Gasteiger partial charge in [-0.05, 0) is 40.7 Å². The Hall–Kier alpha value is -1.47. The largest absolute Gasteiger partial charge is 0.357 e. The standard InChI is InChI=1S/C17H27ClN4O2S/c1-11(2)22(8)14-9-12(16(23)21(6)7)13(15(18)20-14)10-19-25(24)17(3,4)5/h9-11H,1-8H3/b19-10+. The zero-order valence-electron chi connectivity index (χ0n) is 16.1. The molecule has 0 radical (unpaired) electrons. The highest BCUT2D eigenvalue weighted by molar-refractivity contribution is 7.85. The van der Waals surface area contributed by atoms with Crippen LogP contribution in [0.3, 0.4) is 0 Å². The molecule has 0 saturated heterocycles. The highest BCUT2D eigenvalue weighted by Crippen LogP contribution is 2.25. The fourth-order valence-corrected chi connectivity index (χ4v) is 2.51. The van der Waals surface area contributed by atoms with Crippen LogP contribution in [0.25, 0.3) is 0 Å². The van der Waals surface area contributed by atoms with Gasteiger partial charge in [-0.25, -0.2) is 9.19 Å². The molecule has 1 aromatic rings. The third-order valence-electron chi connectivity index (χ3n) is 3.57. The van der Waals surface area contributed by atoms with Crippen molar-refractivity contribution >= 4 is 40.5 Å². The van der Waals surface area contributed by atoms with Gasteiger partial charge in [0.15, 0.2) is 0 Å². The summed E-state index contributed by atoms with van der Waals surface area (Å²) in [4.78, 5) is 20.3. The van der Waals surface area contributed by atoms with Crippen molar-refractivity contribution in [3.63, 3.8) is 0 Å². The average molecular weight is 387 g/mol. The molecule has 140 valence electrons. The van der Waals surface area contributed by atoms with Crippen molar-refractivity contribution in [1.29, 1.82) is 0 Å². The topological polar surface area (TPSA) is 65.9 Å². The van der Waals surface area contributed by atoms with Gasteiger partial charge in [0.25, 0.3) is 5.91 Å². The molecule has 0 aliphatic carbocycles. The van der Waals surface area contributed by atoms with Gasteiger partial charge in [0.1, 0.15) is 22.0 Å². The zero-order valence-corrected chi connectivity index (χ0v) is 17.7. The second-order valence-electron chi connectivity index (χ2n) is 7.23. The number of rotatable bonds is 5. The van der Waals surface area contributed by atoms with Gasteiger partial charge >= 0.3 is 0 Å². The van der Waals surface area contributed by atoms with Gasteiger partial charge in [-0.2, -0.15) is 4.40 Å². The van der Waals surface area contributed by atoms with Crippen molar-refractivity contribution in [1.82, 2.24) is 9.88 Å². The first kappa shape index (κ1) is 21.6. The molecule has 0 N–H and O–H groups in total. The number of halogens is 1. The number of aromatic nitrogens is 1.